The van der Waals surface area contributed by atoms with Crippen LogP contribution in [-0.2, 0) is 16.4 Å². The summed E-state index contributed by atoms with van der Waals surface area (Å²) in [4.78, 5) is 8.37. The number of rotatable bonds is 6. The molecule has 9 nitrogen and oxygen atoms in total. The third-order valence-corrected chi connectivity index (χ3v) is 4.47. The molecule has 0 saturated heterocycles. The van der Waals surface area contributed by atoms with Gasteiger partial charge in [-0.2, -0.15) is 5.10 Å². The van der Waals surface area contributed by atoms with E-state index in [9.17, 15) is 8.42 Å². The van der Waals surface area contributed by atoms with Crippen molar-refractivity contribution in [2.75, 3.05) is 17.6 Å². The topological polar surface area (TPSA) is 142 Å². The predicted molar refractivity (Wildman–Crippen MR) is 93.6 cm³/mol. The molecule has 0 aliphatic rings. The summed E-state index contributed by atoms with van der Waals surface area (Å²) in [5.41, 5.74) is 7.45. The fourth-order valence-corrected chi connectivity index (χ4v) is 2.79. The number of anilines is 2. The van der Waals surface area contributed by atoms with Crippen molar-refractivity contribution in [2.45, 2.75) is 11.3 Å². The molecule has 25 heavy (non-hydrogen) atoms. The van der Waals surface area contributed by atoms with Gasteiger partial charge in [0.2, 0.25) is 10.0 Å². The van der Waals surface area contributed by atoms with Crippen LogP contribution in [0.3, 0.4) is 0 Å². The van der Waals surface area contributed by atoms with Crippen molar-refractivity contribution in [3.8, 4) is 5.82 Å². The Morgan fingerprint density at radius 3 is 2.56 bits per heavy atom. The summed E-state index contributed by atoms with van der Waals surface area (Å²) in [7, 11) is -3.67. The van der Waals surface area contributed by atoms with Gasteiger partial charge in [-0.05, 0) is 30.2 Å². The van der Waals surface area contributed by atoms with Crippen LogP contribution in [0.2, 0.25) is 0 Å². The highest BCUT2D eigenvalue weighted by Gasteiger charge is 2.10. The largest absolute Gasteiger partial charge is 0.393 e. The van der Waals surface area contributed by atoms with Crippen molar-refractivity contribution in [3.05, 3.63) is 54.6 Å². The normalized spacial score (nSPS) is 11.4. The van der Waals surface area contributed by atoms with Crippen molar-refractivity contribution in [1.29, 1.82) is 0 Å². The average molecular weight is 359 g/mol. The van der Waals surface area contributed by atoms with Gasteiger partial charge < -0.3 is 11.1 Å². The van der Waals surface area contributed by atoms with Crippen molar-refractivity contribution < 1.29 is 8.42 Å². The zero-order valence-electron chi connectivity index (χ0n) is 13.2. The van der Waals surface area contributed by atoms with Crippen LogP contribution in [0.25, 0.3) is 5.82 Å². The smallest absolute Gasteiger partial charge is 0.238 e. The van der Waals surface area contributed by atoms with E-state index in [1.165, 1.54) is 18.5 Å². The number of benzene rings is 1. The zero-order chi connectivity index (χ0) is 17.9. The third-order valence-electron chi connectivity index (χ3n) is 3.54. The summed E-state index contributed by atoms with van der Waals surface area (Å²) in [5, 5.41) is 12.3. The molecule has 0 aliphatic carbocycles. The van der Waals surface area contributed by atoms with E-state index in [-0.39, 0.29) is 4.90 Å². The van der Waals surface area contributed by atoms with Gasteiger partial charge in [0.25, 0.3) is 0 Å². The summed E-state index contributed by atoms with van der Waals surface area (Å²) >= 11 is 0. The van der Waals surface area contributed by atoms with Crippen LogP contribution < -0.4 is 16.2 Å². The lowest BCUT2D eigenvalue weighted by Crippen LogP contribution is -2.13. The van der Waals surface area contributed by atoms with Gasteiger partial charge in [-0.15, -0.1) is 0 Å². The van der Waals surface area contributed by atoms with Gasteiger partial charge in [-0.3, -0.25) is 0 Å². The van der Waals surface area contributed by atoms with Crippen molar-refractivity contribution in [1.82, 2.24) is 19.7 Å². The number of hydrogen-bond donors (Lipinski definition) is 3. The van der Waals surface area contributed by atoms with E-state index >= 15 is 0 Å². The second-order valence-corrected chi connectivity index (χ2v) is 6.84. The Kier molecular flexibility index (Phi) is 4.63. The van der Waals surface area contributed by atoms with E-state index in [4.69, 9.17) is 10.9 Å². The summed E-state index contributed by atoms with van der Waals surface area (Å²) < 4.78 is 24.0. The van der Waals surface area contributed by atoms with Gasteiger partial charge in [0.1, 0.15) is 12.0 Å². The fourth-order valence-electron chi connectivity index (χ4n) is 2.27. The fraction of sp³-hybridized carbons (Fsp3) is 0.133. The Hall–Kier alpha value is -2.98. The molecule has 10 heteroatoms. The lowest BCUT2D eigenvalue weighted by Gasteiger charge is -2.11. The maximum atomic E-state index is 11.2. The van der Waals surface area contributed by atoms with E-state index in [1.807, 2.05) is 0 Å². The number of nitrogens with zero attached hydrogens (tertiary/aromatic N) is 4. The van der Waals surface area contributed by atoms with Gasteiger partial charge in [-0.25, -0.2) is 28.2 Å². The lowest BCUT2D eigenvalue weighted by atomic mass is 10.1. The standard InChI is InChI=1S/C15H17N7O2S/c16-13-14(19-10-20-15(13)22-9-1-7-21-22)18-8-6-11-2-4-12(5-3-11)25(17,23)24/h1-5,7,9-10H,6,8,16H2,(H2,17,23,24)(H,18,19,20). The molecular formula is C15H17N7O2S. The van der Waals surface area contributed by atoms with E-state index in [0.29, 0.717) is 30.3 Å². The summed E-state index contributed by atoms with van der Waals surface area (Å²) in [6, 6.07) is 8.19. The highest BCUT2D eigenvalue weighted by molar-refractivity contribution is 7.89. The van der Waals surface area contributed by atoms with Gasteiger partial charge in [-0.1, -0.05) is 12.1 Å². The molecule has 0 radical (unpaired) electrons. The Bertz CT molecular complexity index is 954. The summed E-state index contributed by atoms with van der Waals surface area (Å²) in [5.74, 6) is 1.02. The molecule has 3 rings (SSSR count). The lowest BCUT2D eigenvalue weighted by molar-refractivity contribution is 0.598. The number of nitrogen functional groups attached to an aromatic ring is 1. The number of primary sulfonamides is 1. The number of hydrogen-bond acceptors (Lipinski definition) is 7. The Balaban J connectivity index is 1.66. The molecule has 0 aliphatic heterocycles. The van der Waals surface area contributed by atoms with Crippen LogP contribution in [0.1, 0.15) is 5.56 Å². The maximum absolute atomic E-state index is 11.2. The molecule has 2 heterocycles. The predicted octanol–water partition coefficient (Wildman–Crippen LogP) is 0.546. The molecular weight excluding hydrogens is 342 g/mol. The minimum atomic E-state index is -3.67. The Morgan fingerprint density at radius 2 is 1.92 bits per heavy atom. The average Bonchev–Trinajstić information content (AvgIpc) is 3.10. The monoisotopic (exact) mass is 359 g/mol. The summed E-state index contributed by atoms with van der Waals surface area (Å²) in [6.07, 6.45) is 5.46. The first-order chi connectivity index (χ1) is 11.9. The summed E-state index contributed by atoms with van der Waals surface area (Å²) in [6.45, 7) is 0.564. The van der Waals surface area contributed by atoms with Gasteiger partial charge in [0.05, 0.1) is 4.90 Å². The van der Waals surface area contributed by atoms with Gasteiger partial charge in [0, 0.05) is 18.9 Å². The quantitative estimate of drug-likeness (QED) is 0.583. The van der Waals surface area contributed by atoms with E-state index < -0.39 is 10.0 Å². The van der Waals surface area contributed by atoms with E-state index in [1.54, 1.807) is 35.3 Å². The van der Waals surface area contributed by atoms with Crippen LogP contribution in [0, 0.1) is 0 Å². The minimum absolute atomic E-state index is 0.0909. The molecule has 130 valence electrons. The first-order valence-corrected chi connectivity index (χ1v) is 8.96. The van der Waals surface area contributed by atoms with Crippen molar-refractivity contribution in [3.63, 3.8) is 0 Å². The van der Waals surface area contributed by atoms with Crippen LogP contribution in [0.5, 0.6) is 0 Å². The zero-order valence-corrected chi connectivity index (χ0v) is 14.0. The molecule has 0 atom stereocenters. The number of sulfonamides is 1. The molecule has 0 spiro atoms. The molecule has 0 amide bonds. The van der Waals surface area contributed by atoms with E-state index in [0.717, 1.165) is 5.56 Å². The highest BCUT2D eigenvalue weighted by Crippen LogP contribution is 2.20. The molecule has 0 saturated carbocycles. The molecule has 0 unspecified atom stereocenters. The molecule has 5 N–H and O–H groups in total. The van der Waals surface area contributed by atoms with Crippen LogP contribution in [0.15, 0.2) is 53.9 Å². The third kappa shape index (κ3) is 3.92. The van der Waals surface area contributed by atoms with E-state index in [2.05, 4.69) is 20.4 Å². The second-order valence-electron chi connectivity index (χ2n) is 5.28. The van der Waals surface area contributed by atoms with Gasteiger partial charge >= 0.3 is 0 Å². The SMILES string of the molecule is Nc1c(NCCc2ccc(S(N)(=O)=O)cc2)ncnc1-n1cccn1. The number of nitrogens with one attached hydrogen (secondary N) is 1. The maximum Gasteiger partial charge on any atom is 0.238 e. The molecule has 0 bridgehead atoms. The van der Waals surface area contributed by atoms with Gasteiger partial charge in [0.15, 0.2) is 11.6 Å². The van der Waals surface area contributed by atoms with Crippen LogP contribution in [0.4, 0.5) is 11.5 Å². The van der Waals surface area contributed by atoms with Crippen molar-refractivity contribution in [2.24, 2.45) is 5.14 Å². The first kappa shape index (κ1) is 16.9. The molecule has 2 aromatic heterocycles. The second kappa shape index (κ2) is 6.87. The Morgan fingerprint density at radius 1 is 1.16 bits per heavy atom. The highest BCUT2D eigenvalue weighted by atomic mass is 32.2. The van der Waals surface area contributed by atoms with Crippen LogP contribution in [-0.4, -0.2) is 34.7 Å². The Labute approximate surface area is 144 Å². The molecule has 0 fully saturated rings. The number of aromatic nitrogens is 4. The van der Waals surface area contributed by atoms with Crippen LogP contribution >= 0.6 is 0 Å². The molecule has 1 aromatic carbocycles. The molecule has 3 aromatic rings. The van der Waals surface area contributed by atoms with Crippen molar-refractivity contribution >= 4 is 21.5 Å². The number of nitrogens with two attached hydrogens (primary N) is 2. The first-order valence-electron chi connectivity index (χ1n) is 7.41. The minimum Gasteiger partial charge on any atom is -0.393 e.